The van der Waals surface area contributed by atoms with Crippen molar-refractivity contribution in [1.82, 2.24) is 25.1 Å². The zero-order chi connectivity index (χ0) is 20.4. The fourth-order valence-electron chi connectivity index (χ4n) is 3.63. The Morgan fingerprint density at radius 1 is 1.21 bits per heavy atom. The molecule has 1 aliphatic rings. The maximum atomic E-state index is 13.0. The molecule has 3 aromatic rings. The minimum atomic E-state index is -0.371. The number of benzene rings is 1. The second kappa shape index (κ2) is 8.12. The van der Waals surface area contributed by atoms with Crippen LogP contribution in [0.15, 0.2) is 36.8 Å². The lowest BCUT2D eigenvalue weighted by Crippen LogP contribution is -2.45. The van der Waals surface area contributed by atoms with Crippen LogP contribution >= 0.6 is 0 Å². The number of amides is 1. The molecule has 2 aromatic heterocycles. The summed E-state index contributed by atoms with van der Waals surface area (Å²) in [5.74, 6) is 0.218. The van der Waals surface area contributed by atoms with Crippen LogP contribution in [0.4, 0.5) is 10.2 Å². The van der Waals surface area contributed by atoms with Crippen LogP contribution in [0.25, 0.3) is 11.0 Å². The summed E-state index contributed by atoms with van der Waals surface area (Å²) >= 11 is 0. The van der Waals surface area contributed by atoms with Gasteiger partial charge in [0.25, 0.3) is 5.91 Å². The minimum Gasteiger partial charge on any atom is -0.372 e. The van der Waals surface area contributed by atoms with Crippen LogP contribution in [-0.2, 0) is 11.3 Å². The van der Waals surface area contributed by atoms with Gasteiger partial charge in [-0.2, -0.15) is 5.10 Å². The predicted octanol–water partition coefficient (Wildman–Crippen LogP) is 2.01. The van der Waals surface area contributed by atoms with E-state index in [2.05, 4.69) is 25.3 Å². The molecule has 0 saturated carbocycles. The summed E-state index contributed by atoms with van der Waals surface area (Å²) in [5.41, 5.74) is 1.13. The molecule has 1 N–H and O–H groups in total. The maximum absolute atomic E-state index is 13.0. The monoisotopic (exact) mass is 398 g/mol. The van der Waals surface area contributed by atoms with Crippen molar-refractivity contribution in [2.75, 3.05) is 24.5 Å². The molecule has 3 heterocycles. The van der Waals surface area contributed by atoms with E-state index in [0.717, 1.165) is 29.9 Å². The lowest BCUT2D eigenvalue weighted by atomic mass is 10.2. The van der Waals surface area contributed by atoms with Crippen molar-refractivity contribution in [2.45, 2.75) is 32.6 Å². The zero-order valence-corrected chi connectivity index (χ0v) is 16.4. The molecule has 1 fully saturated rings. The van der Waals surface area contributed by atoms with E-state index >= 15 is 0 Å². The Kier molecular flexibility index (Phi) is 5.39. The van der Waals surface area contributed by atoms with E-state index in [4.69, 9.17) is 4.74 Å². The second-order valence-corrected chi connectivity index (χ2v) is 7.23. The van der Waals surface area contributed by atoms with Gasteiger partial charge in [-0.1, -0.05) is 0 Å². The van der Waals surface area contributed by atoms with E-state index in [1.165, 1.54) is 30.6 Å². The average molecular weight is 398 g/mol. The number of ether oxygens (including phenoxy) is 1. The van der Waals surface area contributed by atoms with Gasteiger partial charge >= 0.3 is 0 Å². The van der Waals surface area contributed by atoms with Gasteiger partial charge in [-0.3, -0.25) is 4.79 Å². The van der Waals surface area contributed by atoms with Gasteiger partial charge in [-0.15, -0.1) is 0 Å². The Labute approximate surface area is 167 Å². The Balaban J connectivity index is 1.45. The van der Waals surface area contributed by atoms with E-state index < -0.39 is 0 Å². The van der Waals surface area contributed by atoms with Crippen LogP contribution in [0.5, 0.6) is 0 Å². The Morgan fingerprint density at radius 2 is 1.93 bits per heavy atom. The molecule has 1 saturated heterocycles. The number of aromatic nitrogens is 4. The third-order valence-electron chi connectivity index (χ3n) is 4.85. The molecule has 0 aliphatic carbocycles. The molecule has 9 heteroatoms. The van der Waals surface area contributed by atoms with Crippen molar-refractivity contribution in [2.24, 2.45) is 0 Å². The molecule has 0 bridgehead atoms. The van der Waals surface area contributed by atoms with Crippen molar-refractivity contribution in [3.05, 3.63) is 48.2 Å². The highest BCUT2D eigenvalue weighted by molar-refractivity contribution is 5.94. The average Bonchev–Trinajstić information content (AvgIpc) is 3.11. The van der Waals surface area contributed by atoms with Crippen molar-refractivity contribution < 1.29 is 13.9 Å². The number of hydrogen-bond donors (Lipinski definition) is 1. The Morgan fingerprint density at radius 3 is 2.66 bits per heavy atom. The number of morpholine rings is 1. The number of anilines is 1. The molecule has 0 spiro atoms. The van der Waals surface area contributed by atoms with Gasteiger partial charge in [0.1, 0.15) is 18.0 Å². The van der Waals surface area contributed by atoms with Gasteiger partial charge in [0.05, 0.1) is 30.3 Å². The molecule has 29 heavy (non-hydrogen) atoms. The van der Waals surface area contributed by atoms with E-state index in [1.54, 1.807) is 10.9 Å². The predicted molar refractivity (Wildman–Crippen MR) is 106 cm³/mol. The van der Waals surface area contributed by atoms with Gasteiger partial charge in [0.15, 0.2) is 5.65 Å². The summed E-state index contributed by atoms with van der Waals surface area (Å²) in [6.07, 6.45) is 3.55. The summed E-state index contributed by atoms with van der Waals surface area (Å²) < 4.78 is 20.5. The van der Waals surface area contributed by atoms with E-state index in [1.807, 2.05) is 13.8 Å². The molecule has 4 rings (SSSR count). The van der Waals surface area contributed by atoms with Gasteiger partial charge in [-0.05, 0) is 38.1 Å². The summed E-state index contributed by atoms with van der Waals surface area (Å²) in [7, 11) is 0. The maximum Gasteiger partial charge on any atom is 0.251 e. The third-order valence-corrected chi connectivity index (χ3v) is 4.85. The molecule has 0 radical (unpaired) electrons. The standard InChI is InChI=1S/C20H23FN6O2/c1-13-10-26(11-14(2)29-13)18-17-9-25-27(19(17)24-12-23-18)8-7-22-20(28)15-3-5-16(21)6-4-15/h3-6,9,12-14H,7-8,10-11H2,1-2H3,(H,22,28)/t13-,14-/m0/s1. The zero-order valence-electron chi connectivity index (χ0n) is 16.4. The second-order valence-electron chi connectivity index (χ2n) is 7.23. The first kappa shape index (κ1) is 19.3. The normalized spacial score (nSPS) is 19.5. The number of nitrogens with zero attached hydrogens (tertiary/aromatic N) is 5. The molecule has 0 unspecified atom stereocenters. The number of nitrogens with one attached hydrogen (secondary N) is 1. The highest BCUT2D eigenvalue weighted by Crippen LogP contribution is 2.25. The van der Waals surface area contributed by atoms with E-state index in [0.29, 0.717) is 18.7 Å². The number of hydrogen-bond acceptors (Lipinski definition) is 6. The number of fused-ring (bicyclic) bond motifs is 1. The summed E-state index contributed by atoms with van der Waals surface area (Å²) in [6.45, 7) is 6.45. The lowest BCUT2D eigenvalue weighted by molar-refractivity contribution is -0.00537. The number of carbonyl (C=O) groups excluding carboxylic acids is 1. The Bertz CT molecular complexity index is 996. The Hall–Kier alpha value is -3.07. The van der Waals surface area contributed by atoms with Gasteiger partial charge in [0, 0.05) is 25.2 Å². The molecule has 152 valence electrons. The van der Waals surface area contributed by atoms with Crippen LogP contribution in [0, 0.1) is 5.82 Å². The molecule has 8 nitrogen and oxygen atoms in total. The topological polar surface area (TPSA) is 85.2 Å². The van der Waals surface area contributed by atoms with Crippen molar-refractivity contribution in [1.29, 1.82) is 0 Å². The SMILES string of the molecule is C[C@H]1CN(c2ncnc3c2cnn3CCNC(=O)c2ccc(F)cc2)C[C@H](C)O1. The largest absolute Gasteiger partial charge is 0.372 e. The van der Waals surface area contributed by atoms with Gasteiger partial charge < -0.3 is 15.0 Å². The van der Waals surface area contributed by atoms with Crippen molar-refractivity contribution in [3.8, 4) is 0 Å². The van der Waals surface area contributed by atoms with Crippen LogP contribution < -0.4 is 10.2 Å². The molecule has 1 aliphatic heterocycles. The minimum absolute atomic E-state index is 0.125. The van der Waals surface area contributed by atoms with Crippen molar-refractivity contribution >= 4 is 22.8 Å². The molecular formula is C20H23FN6O2. The number of rotatable bonds is 5. The molecule has 2 atom stereocenters. The van der Waals surface area contributed by atoms with E-state index in [-0.39, 0.29) is 23.9 Å². The lowest BCUT2D eigenvalue weighted by Gasteiger charge is -2.36. The molecular weight excluding hydrogens is 375 g/mol. The first-order chi connectivity index (χ1) is 14.0. The number of halogens is 1. The summed E-state index contributed by atoms with van der Waals surface area (Å²) in [6, 6.07) is 5.44. The van der Waals surface area contributed by atoms with Crippen LogP contribution in [0.3, 0.4) is 0 Å². The summed E-state index contributed by atoms with van der Waals surface area (Å²) in [4.78, 5) is 23.2. The summed E-state index contributed by atoms with van der Waals surface area (Å²) in [5, 5.41) is 8.12. The van der Waals surface area contributed by atoms with Crippen molar-refractivity contribution in [3.63, 3.8) is 0 Å². The van der Waals surface area contributed by atoms with Gasteiger partial charge in [-0.25, -0.2) is 19.0 Å². The van der Waals surface area contributed by atoms with Gasteiger partial charge in [0.2, 0.25) is 0 Å². The van der Waals surface area contributed by atoms with Crippen LogP contribution in [0.2, 0.25) is 0 Å². The smallest absolute Gasteiger partial charge is 0.251 e. The van der Waals surface area contributed by atoms with E-state index in [9.17, 15) is 9.18 Å². The fraction of sp³-hybridized carbons (Fsp3) is 0.400. The third kappa shape index (κ3) is 4.19. The number of carbonyl (C=O) groups is 1. The molecule has 1 aromatic carbocycles. The highest BCUT2D eigenvalue weighted by Gasteiger charge is 2.25. The fourth-order valence-corrected chi connectivity index (χ4v) is 3.63. The van der Waals surface area contributed by atoms with Crippen LogP contribution in [0.1, 0.15) is 24.2 Å². The highest BCUT2D eigenvalue weighted by atomic mass is 19.1. The quantitative estimate of drug-likeness (QED) is 0.708. The van der Waals surface area contributed by atoms with Crippen LogP contribution in [-0.4, -0.2) is 57.5 Å². The first-order valence-corrected chi connectivity index (χ1v) is 9.62. The first-order valence-electron chi connectivity index (χ1n) is 9.62. The molecule has 1 amide bonds.